The number of morpholine rings is 1. The third-order valence-electron chi connectivity index (χ3n) is 7.40. The summed E-state index contributed by atoms with van der Waals surface area (Å²) in [6.07, 6.45) is -5.07. The molecule has 5 heterocycles. The highest BCUT2D eigenvalue weighted by atomic mass is 32.1. The van der Waals surface area contributed by atoms with Gasteiger partial charge in [0.25, 0.3) is 0 Å². The van der Waals surface area contributed by atoms with Gasteiger partial charge < -0.3 is 19.8 Å². The second kappa shape index (κ2) is 14.8. The van der Waals surface area contributed by atoms with E-state index in [0.29, 0.717) is 6.04 Å². The lowest BCUT2D eigenvalue weighted by molar-refractivity contribution is -0.193. The Kier molecular flexibility index (Phi) is 11.3. The van der Waals surface area contributed by atoms with Gasteiger partial charge in [-0.1, -0.05) is 6.07 Å². The minimum absolute atomic E-state index is 0.366. The fraction of sp³-hybridized carbons (Fsp3) is 0.536. The maximum absolute atomic E-state index is 10.6. The minimum atomic E-state index is -5.08. The number of halogens is 6. The number of aromatic nitrogens is 2. The van der Waals surface area contributed by atoms with Crippen LogP contribution in [0.25, 0.3) is 5.65 Å². The average Bonchev–Trinajstić information content (AvgIpc) is 3.45. The number of hydrogen-bond donors (Lipinski definition) is 2. The molecule has 17 heteroatoms. The zero-order chi connectivity index (χ0) is 32.8. The highest BCUT2D eigenvalue weighted by Gasteiger charge is 2.39. The first-order valence-corrected chi connectivity index (χ1v) is 15.0. The maximum Gasteiger partial charge on any atom is 0.490 e. The molecule has 1 atom stereocenters. The lowest BCUT2D eigenvalue weighted by atomic mass is 10.1. The van der Waals surface area contributed by atoms with E-state index in [1.54, 1.807) is 11.3 Å². The van der Waals surface area contributed by atoms with Crippen molar-refractivity contribution in [3.8, 4) is 0 Å². The number of carboxylic acids is 2. The van der Waals surface area contributed by atoms with Crippen molar-refractivity contribution in [2.45, 2.75) is 37.8 Å². The number of hydrogen-bond acceptors (Lipinski definition) is 8. The number of anilines is 1. The van der Waals surface area contributed by atoms with Crippen LogP contribution in [-0.4, -0.2) is 106 Å². The second-order valence-corrected chi connectivity index (χ2v) is 11.6. The standard InChI is InChI=1S/C24H31N5OS.2C2HF3O2/c1-2-23-25-21(16-29(23)24(3-1)27-9-11-30-12-10-27)22-17-26(14-20-6-13-31-18-20)7-8-28(22)15-19-4-5-19;2*3-2(4,5)1(6)7/h1-3,6,13,16,18-19,22H,4-5,7-12,14-15,17H2;2*(H,6,7). The molecule has 2 saturated heterocycles. The van der Waals surface area contributed by atoms with Crippen LogP contribution in [0, 0.1) is 5.92 Å². The Morgan fingerprint density at radius 3 is 2.16 bits per heavy atom. The monoisotopic (exact) mass is 665 g/mol. The van der Waals surface area contributed by atoms with Gasteiger partial charge in [0.2, 0.25) is 0 Å². The predicted molar refractivity (Wildman–Crippen MR) is 152 cm³/mol. The fourth-order valence-corrected chi connectivity index (χ4v) is 5.68. The molecule has 2 N–H and O–H groups in total. The molecule has 0 aromatic carbocycles. The van der Waals surface area contributed by atoms with E-state index < -0.39 is 24.3 Å². The van der Waals surface area contributed by atoms with Gasteiger partial charge in [-0.05, 0) is 53.3 Å². The lowest BCUT2D eigenvalue weighted by Gasteiger charge is -2.41. The van der Waals surface area contributed by atoms with Crippen LogP contribution in [0.2, 0.25) is 0 Å². The number of aliphatic carboxylic acids is 2. The van der Waals surface area contributed by atoms with Gasteiger partial charge in [-0.2, -0.15) is 37.7 Å². The van der Waals surface area contributed by atoms with Crippen LogP contribution in [0.4, 0.5) is 32.2 Å². The molecule has 0 spiro atoms. The van der Waals surface area contributed by atoms with Gasteiger partial charge in [0.05, 0.1) is 24.9 Å². The molecule has 45 heavy (non-hydrogen) atoms. The Morgan fingerprint density at radius 1 is 0.956 bits per heavy atom. The summed E-state index contributed by atoms with van der Waals surface area (Å²) in [4.78, 5) is 30.7. The van der Waals surface area contributed by atoms with Crippen molar-refractivity contribution in [3.05, 3.63) is 52.5 Å². The van der Waals surface area contributed by atoms with E-state index in [9.17, 15) is 26.3 Å². The lowest BCUT2D eigenvalue weighted by Crippen LogP contribution is -2.48. The second-order valence-electron chi connectivity index (χ2n) is 10.8. The van der Waals surface area contributed by atoms with Crippen LogP contribution >= 0.6 is 11.3 Å². The average molecular weight is 666 g/mol. The van der Waals surface area contributed by atoms with E-state index in [0.717, 1.165) is 64.0 Å². The number of carbonyl (C=O) groups is 2. The van der Waals surface area contributed by atoms with Crippen molar-refractivity contribution in [2.75, 3.05) is 57.4 Å². The summed E-state index contributed by atoms with van der Waals surface area (Å²) in [6.45, 7) is 9.09. The summed E-state index contributed by atoms with van der Waals surface area (Å²) >= 11 is 1.79. The number of alkyl halides is 6. The third kappa shape index (κ3) is 10.0. The topological polar surface area (TPSA) is 111 Å². The maximum atomic E-state index is 10.6. The number of ether oxygens (including phenoxy) is 1. The fourth-order valence-electron chi connectivity index (χ4n) is 5.02. The first-order chi connectivity index (χ1) is 21.2. The van der Waals surface area contributed by atoms with Crippen LogP contribution in [0.5, 0.6) is 0 Å². The molecule has 10 nitrogen and oxygen atoms in total. The molecule has 1 saturated carbocycles. The van der Waals surface area contributed by atoms with Crippen molar-refractivity contribution in [2.24, 2.45) is 5.92 Å². The van der Waals surface area contributed by atoms with Crippen molar-refractivity contribution >= 4 is 34.7 Å². The molecule has 1 unspecified atom stereocenters. The Labute approximate surface area is 258 Å². The van der Waals surface area contributed by atoms with Crippen LogP contribution in [-0.2, 0) is 20.9 Å². The molecule has 0 radical (unpaired) electrons. The van der Waals surface area contributed by atoms with Crippen molar-refractivity contribution in [1.29, 1.82) is 0 Å². The largest absolute Gasteiger partial charge is 0.490 e. The molecule has 3 aliphatic rings. The van der Waals surface area contributed by atoms with E-state index in [-0.39, 0.29) is 0 Å². The summed E-state index contributed by atoms with van der Waals surface area (Å²) in [5.41, 5.74) is 3.71. The molecule has 0 amide bonds. The zero-order valence-corrected chi connectivity index (χ0v) is 24.8. The number of nitrogens with zero attached hydrogens (tertiary/aromatic N) is 5. The van der Waals surface area contributed by atoms with Gasteiger partial charge in [0.1, 0.15) is 11.5 Å². The third-order valence-corrected chi connectivity index (χ3v) is 8.13. The van der Waals surface area contributed by atoms with Crippen LogP contribution < -0.4 is 4.90 Å². The number of pyridine rings is 1. The molecular weight excluding hydrogens is 632 g/mol. The highest BCUT2D eigenvalue weighted by Crippen LogP contribution is 2.35. The van der Waals surface area contributed by atoms with Crippen molar-refractivity contribution in [3.63, 3.8) is 0 Å². The summed E-state index contributed by atoms with van der Waals surface area (Å²) in [7, 11) is 0. The van der Waals surface area contributed by atoms with E-state index in [2.05, 4.69) is 60.3 Å². The van der Waals surface area contributed by atoms with E-state index in [4.69, 9.17) is 29.5 Å². The Bertz CT molecular complexity index is 1380. The van der Waals surface area contributed by atoms with Gasteiger partial charge in [0.15, 0.2) is 0 Å². The van der Waals surface area contributed by atoms with Gasteiger partial charge in [0, 0.05) is 52.0 Å². The molecule has 6 rings (SSSR count). The molecule has 2 aliphatic heterocycles. The van der Waals surface area contributed by atoms with Crippen LogP contribution in [0.1, 0.15) is 30.1 Å². The highest BCUT2D eigenvalue weighted by molar-refractivity contribution is 7.07. The smallest absolute Gasteiger partial charge is 0.475 e. The molecule has 1 aliphatic carbocycles. The molecule has 3 aromatic heterocycles. The number of carboxylic acid groups (broad SMARTS) is 2. The number of imidazole rings is 1. The Balaban J connectivity index is 0.000000277. The van der Waals surface area contributed by atoms with Gasteiger partial charge in [-0.3, -0.25) is 14.2 Å². The number of rotatable bonds is 6. The summed E-state index contributed by atoms with van der Waals surface area (Å²) in [5.74, 6) is -3.38. The molecule has 3 aromatic rings. The Hall–Kier alpha value is -3.41. The number of piperazine rings is 1. The minimum Gasteiger partial charge on any atom is -0.475 e. The summed E-state index contributed by atoms with van der Waals surface area (Å²) < 4.78 is 71.3. The Morgan fingerprint density at radius 2 is 1.60 bits per heavy atom. The molecular formula is C28H33F6N5O5S. The first kappa shape index (κ1) is 34.5. The first-order valence-electron chi connectivity index (χ1n) is 14.1. The number of thiophene rings is 1. The normalized spacial score (nSPS) is 19.8. The summed E-state index contributed by atoms with van der Waals surface area (Å²) in [5, 5.41) is 18.7. The van der Waals surface area contributed by atoms with Crippen molar-refractivity contribution < 1.29 is 50.9 Å². The summed E-state index contributed by atoms with van der Waals surface area (Å²) in [6, 6.07) is 9.13. The van der Waals surface area contributed by atoms with E-state index in [1.165, 1.54) is 36.5 Å². The quantitative estimate of drug-likeness (QED) is 0.360. The molecule has 0 bridgehead atoms. The molecule has 3 fully saturated rings. The predicted octanol–water partition coefficient (Wildman–Crippen LogP) is 4.77. The molecule has 248 valence electrons. The SMILES string of the molecule is O=C(O)C(F)(F)F.O=C(O)C(F)(F)F.c1cc(N2CCOCC2)n2cc(C3CN(Cc4ccsc4)CCN3CC3CC3)nc2c1. The van der Waals surface area contributed by atoms with E-state index >= 15 is 0 Å². The van der Waals surface area contributed by atoms with Crippen LogP contribution in [0.15, 0.2) is 41.2 Å². The van der Waals surface area contributed by atoms with Gasteiger partial charge in [-0.15, -0.1) is 0 Å². The van der Waals surface area contributed by atoms with Crippen molar-refractivity contribution in [1.82, 2.24) is 19.2 Å². The zero-order valence-electron chi connectivity index (χ0n) is 24.0. The van der Waals surface area contributed by atoms with Gasteiger partial charge in [-0.25, -0.2) is 14.6 Å². The van der Waals surface area contributed by atoms with Crippen LogP contribution in [0.3, 0.4) is 0 Å². The van der Waals surface area contributed by atoms with E-state index in [1.807, 2.05) is 0 Å². The number of fused-ring (bicyclic) bond motifs is 1. The van der Waals surface area contributed by atoms with Gasteiger partial charge >= 0.3 is 24.3 Å².